The molecular formula is C10H20N2O4S. The van der Waals surface area contributed by atoms with Crippen molar-refractivity contribution in [3.8, 4) is 0 Å². The molecule has 2 unspecified atom stereocenters. The predicted octanol–water partition coefficient (Wildman–Crippen LogP) is 0.414. The van der Waals surface area contributed by atoms with Gasteiger partial charge >= 0.3 is 5.97 Å². The molecular weight excluding hydrogens is 244 g/mol. The quantitative estimate of drug-likeness (QED) is 0.773. The van der Waals surface area contributed by atoms with Crippen molar-refractivity contribution in [2.45, 2.75) is 45.7 Å². The highest BCUT2D eigenvalue weighted by molar-refractivity contribution is 7.87. The van der Waals surface area contributed by atoms with Crippen LogP contribution in [-0.4, -0.2) is 41.9 Å². The summed E-state index contributed by atoms with van der Waals surface area (Å²) in [6.45, 7) is 7.14. The van der Waals surface area contributed by atoms with Crippen molar-refractivity contribution < 1.29 is 18.3 Å². The normalized spacial score (nSPS) is 27.3. The van der Waals surface area contributed by atoms with Gasteiger partial charge in [-0.1, -0.05) is 0 Å². The third kappa shape index (κ3) is 3.40. The molecule has 0 saturated carbocycles. The molecule has 1 saturated heterocycles. The van der Waals surface area contributed by atoms with Crippen LogP contribution in [-0.2, 0) is 15.0 Å². The first kappa shape index (κ1) is 14.4. The Morgan fingerprint density at radius 3 is 2.29 bits per heavy atom. The molecule has 1 rings (SSSR count). The Kier molecular flexibility index (Phi) is 3.85. The summed E-state index contributed by atoms with van der Waals surface area (Å²) >= 11 is 0. The van der Waals surface area contributed by atoms with Crippen LogP contribution in [0.4, 0.5) is 0 Å². The van der Waals surface area contributed by atoms with E-state index < -0.39 is 33.7 Å². The third-order valence-electron chi connectivity index (χ3n) is 2.76. The first-order chi connectivity index (χ1) is 7.54. The van der Waals surface area contributed by atoms with Gasteiger partial charge in [-0.15, -0.1) is 0 Å². The van der Waals surface area contributed by atoms with E-state index in [2.05, 4.69) is 4.72 Å². The van der Waals surface area contributed by atoms with Gasteiger partial charge < -0.3 is 5.11 Å². The lowest BCUT2D eigenvalue weighted by Gasteiger charge is -2.28. The highest BCUT2D eigenvalue weighted by Crippen LogP contribution is 2.27. The van der Waals surface area contributed by atoms with E-state index in [1.165, 1.54) is 4.31 Å². The standard InChI is InChI=1S/C10H20N2O4S/c1-7-8(9(13)14)5-6-12(7)17(15,16)11-10(2,3)4/h7-8,11H,5-6H2,1-4H3,(H,13,14). The van der Waals surface area contributed by atoms with E-state index in [9.17, 15) is 13.2 Å². The SMILES string of the molecule is CC1C(C(=O)O)CCN1S(=O)(=O)NC(C)(C)C. The Hall–Kier alpha value is -0.660. The van der Waals surface area contributed by atoms with Crippen molar-refractivity contribution in [3.63, 3.8) is 0 Å². The van der Waals surface area contributed by atoms with Gasteiger partial charge in [0.15, 0.2) is 0 Å². The molecule has 1 fully saturated rings. The van der Waals surface area contributed by atoms with E-state index in [0.29, 0.717) is 6.42 Å². The minimum Gasteiger partial charge on any atom is -0.481 e. The van der Waals surface area contributed by atoms with Gasteiger partial charge in [-0.3, -0.25) is 4.79 Å². The van der Waals surface area contributed by atoms with Crippen LogP contribution in [0.15, 0.2) is 0 Å². The molecule has 0 aliphatic carbocycles. The summed E-state index contributed by atoms with van der Waals surface area (Å²) in [4.78, 5) is 10.9. The maximum atomic E-state index is 12.0. The maximum absolute atomic E-state index is 12.0. The Morgan fingerprint density at radius 2 is 1.94 bits per heavy atom. The van der Waals surface area contributed by atoms with Crippen LogP contribution in [0, 0.1) is 5.92 Å². The fourth-order valence-electron chi connectivity index (χ4n) is 2.03. The van der Waals surface area contributed by atoms with Crippen LogP contribution in [0.25, 0.3) is 0 Å². The van der Waals surface area contributed by atoms with Gasteiger partial charge in [0, 0.05) is 18.1 Å². The third-order valence-corrected chi connectivity index (χ3v) is 4.76. The van der Waals surface area contributed by atoms with E-state index in [1.54, 1.807) is 27.7 Å². The number of nitrogens with zero attached hydrogens (tertiary/aromatic N) is 1. The number of carboxylic acids is 1. The Morgan fingerprint density at radius 1 is 1.41 bits per heavy atom. The van der Waals surface area contributed by atoms with Crippen molar-refractivity contribution in [2.75, 3.05) is 6.54 Å². The molecule has 1 aliphatic heterocycles. The number of carboxylic acid groups (broad SMARTS) is 1. The minimum absolute atomic E-state index is 0.254. The molecule has 1 heterocycles. The summed E-state index contributed by atoms with van der Waals surface area (Å²) in [5, 5.41) is 8.96. The number of nitrogens with one attached hydrogen (secondary N) is 1. The van der Waals surface area contributed by atoms with E-state index in [-0.39, 0.29) is 6.54 Å². The highest BCUT2D eigenvalue weighted by atomic mass is 32.2. The van der Waals surface area contributed by atoms with Crippen molar-refractivity contribution in [1.82, 2.24) is 9.03 Å². The average molecular weight is 264 g/mol. The fourth-order valence-corrected chi connectivity index (χ4v) is 3.85. The zero-order chi connectivity index (χ0) is 13.4. The summed E-state index contributed by atoms with van der Waals surface area (Å²) in [7, 11) is -3.61. The molecule has 7 heteroatoms. The van der Waals surface area contributed by atoms with Crippen LogP contribution in [0.2, 0.25) is 0 Å². The van der Waals surface area contributed by atoms with Crippen LogP contribution in [0.1, 0.15) is 34.1 Å². The summed E-state index contributed by atoms with van der Waals surface area (Å²) in [5.74, 6) is -1.56. The lowest BCUT2D eigenvalue weighted by atomic mass is 10.0. The van der Waals surface area contributed by atoms with Gasteiger partial charge in [-0.2, -0.15) is 17.4 Å². The largest absolute Gasteiger partial charge is 0.481 e. The first-order valence-electron chi connectivity index (χ1n) is 5.58. The van der Waals surface area contributed by atoms with E-state index in [1.807, 2.05) is 0 Å². The number of rotatable bonds is 3. The van der Waals surface area contributed by atoms with Gasteiger partial charge in [-0.25, -0.2) is 0 Å². The van der Waals surface area contributed by atoms with Crippen LogP contribution in [0.3, 0.4) is 0 Å². The predicted molar refractivity (Wildman–Crippen MR) is 63.7 cm³/mol. The van der Waals surface area contributed by atoms with E-state index >= 15 is 0 Å². The van der Waals surface area contributed by atoms with Gasteiger partial charge in [-0.05, 0) is 34.1 Å². The smallest absolute Gasteiger partial charge is 0.308 e. The first-order valence-corrected chi connectivity index (χ1v) is 7.02. The number of carbonyl (C=O) groups is 1. The van der Waals surface area contributed by atoms with Gasteiger partial charge in [0.1, 0.15) is 0 Å². The molecule has 0 bridgehead atoms. The Bertz CT molecular complexity index is 399. The molecule has 0 amide bonds. The van der Waals surface area contributed by atoms with Crippen molar-refractivity contribution in [2.24, 2.45) is 5.92 Å². The number of hydrogen-bond acceptors (Lipinski definition) is 3. The maximum Gasteiger partial charge on any atom is 0.308 e. The van der Waals surface area contributed by atoms with Crippen molar-refractivity contribution in [1.29, 1.82) is 0 Å². The van der Waals surface area contributed by atoms with E-state index in [0.717, 1.165) is 0 Å². The zero-order valence-corrected chi connectivity index (χ0v) is 11.4. The Labute approximate surface area is 102 Å². The van der Waals surface area contributed by atoms with Crippen LogP contribution < -0.4 is 4.72 Å². The molecule has 2 N–H and O–H groups in total. The molecule has 0 aromatic rings. The molecule has 1 aliphatic rings. The molecule has 0 aromatic carbocycles. The molecule has 100 valence electrons. The van der Waals surface area contributed by atoms with Crippen molar-refractivity contribution in [3.05, 3.63) is 0 Å². The second kappa shape index (κ2) is 4.55. The molecule has 0 spiro atoms. The number of hydrogen-bond donors (Lipinski definition) is 2. The summed E-state index contributed by atoms with van der Waals surface area (Å²) in [5.41, 5.74) is -0.570. The monoisotopic (exact) mass is 264 g/mol. The summed E-state index contributed by atoms with van der Waals surface area (Å²) in [6.07, 6.45) is 0.363. The fraction of sp³-hybridized carbons (Fsp3) is 0.900. The zero-order valence-electron chi connectivity index (χ0n) is 10.6. The number of aliphatic carboxylic acids is 1. The minimum atomic E-state index is -3.61. The van der Waals surface area contributed by atoms with Gasteiger partial charge in [0.25, 0.3) is 10.2 Å². The second-order valence-corrected chi connectivity index (χ2v) is 7.07. The highest BCUT2D eigenvalue weighted by Gasteiger charge is 2.42. The van der Waals surface area contributed by atoms with Crippen molar-refractivity contribution >= 4 is 16.2 Å². The lowest BCUT2D eigenvalue weighted by Crippen LogP contribution is -2.50. The van der Waals surface area contributed by atoms with Gasteiger partial charge in [0.2, 0.25) is 0 Å². The molecule has 17 heavy (non-hydrogen) atoms. The Balaban J connectivity index is 2.85. The summed E-state index contributed by atoms with van der Waals surface area (Å²) in [6, 6.07) is -0.507. The van der Waals surface area contributed by atoms with Crippen LogP contribution in [0.5, 0.6) is 0 Å². The average Bonchev–Trinajstić information content (AvgIpc) is 2.42. The van der Waals surface area contributed by atoms with Crippen LogP contribution >= 0.6 is 0 Å². The second-order valence-electron chi connectivity index (χ2n) is 5.44. The molecule has 0 aromatic heterocycles. The molecule has 6 nitrogen and oxygen atoms in total. The van der Waals surface area contributed by atoms with E-state index in [4.69, 9.17) is 5.11 Å². The molecule has 2 atom stereocenters. The lowest BCUT2D eigenvalue weighted by molar-refractivity contribution is -0.142. The topological polar surface area (TPSA) is 86.7 Å². The van der Waals surface area contributed by atoms with Gasteiger partial charge in [0.05, 0.1) is 5.92 Å². The molecule has 0 radical (unpaired) electrons. The summed E-state index contributed by atoms with van der Waals surface area (Å²) < 4.78 is 27.9.